The van der Waals surface area contributed by atoms with E-state index in [1.54, 1.807) is 0 Å². The van der Waals surface area contributed by atoms with Gasteiger partial charge in [-0.1, -0.05) is 148 Å². The molecule has 300 valence electrons. The van der Waals surface area contributed by atoms with E-state index in [2.05, 4.69) is 30.5 Å². The fraction of sp³-hybridized carbons (Fsp3) is 0.872. The standard InChI is InChI=1S/C39H74NO10P/c1-3-5-7-9-11-13-15-17-19-20-22-24-26-28-30-37(41)47-32-35(33-48-51(45,46)49-34-36(40)39(43)44)50-38(42)31-29-27-25-23-21-18-16-14-12-10-8-6-4-2/h18,21,35-36H,3-17,19-20,22-34,40H2,1-2H3,(H,43,44)(H,45,46)/b21-18+/t35-,36+/m1/s1. The first kappa shape index (κ1) is 49.2. The average Bonchev–Trinajstić information content (AvgIpc) is 3.10. The van der Waals surface area contributed by atoms with E-state index in [1.165, 1.54) is 103 Å². The minimum atomic E-state index is -4.71. The normalized spacial score (nSPS) is 14.0. The van der Waals surface area contributed by atoms with Crippen molar-refractivity contribution in [2.24, 2.45) is 5.73 Å². The monoisotopic (exact) mass is 748 g/mol. The number of aliphatic carboxylic acids is 1. The van der Waals surface area contributed by atoms with Gasteiger partial charge in [0.1, 0.15) is 12.6 Å². The Bertz CT molecular complexity index is 932. The average molecular weight is 748 g/mol. The maximum absolute atomic E-state index is 12.6. The Morgan fingerprint density at radius 1 is 0.588 bits per heavy atom. The van der Waals surface area contributed by atoms with E-state index in [4.69, 9.17) is 24.8 Å². The zero-order valence-corrected chi connectivity index (χ0v) is 33.1. The molecule has 0 aliphatic heterocycles. The summed E-state index contributed by atoms with van der Waals surface area (Å²) >= 11 is 0. The SMILES string of the molecule is CCCCCCCC/C=C/CCCCCC(=O)O[C@H](COC(=O)CCCCCCCCCCCCCCCC)COP(=O)(O)OC[C@H](N)C(=O)O. The Labute approximate surface area is 309 Å². The van der Waals surface area contributed by atoms with Crippen LogP contribution in [-0.4, -0.2) is 59.9 Å². The molecule has 0 heterocycles. The highest BCUT2D eigenvalue weighted by molar-refractivity contribution is 7.47. The predicted molar refractivity (Wildman–Crippen MR) is 203 cm³/mol. The summed E-state index contributed by atoms with van der Waals surface area (Å²) in [6.45, 7) is 2.78. The van der Waals surface area contributed by atoms with Gasteiger partial charge < -0.3 is 25.2 Å². The summed E-state index contributed by atoms with van der Waals surface area (Å²) in [5.74, 6) is -2.39. The Kier molecular flexibility index (Phi) is 34.0. The van der Waals surface area contributed by atoms with Crippen LogP contribution >= 0.6 is 7.82 Å². The molecule has 0 aliphatic rings. The van der Waals surface area contributed by atoms with Crippen LogP contribution in [0.1, 0.15) is 187 Å². The van der Waals surface area contributed by atoms with E-state index in [9.17, 15) is 23.8 Å². The van der Waals surface area contributed by atoms with Crippen molar-refractivity contribution in [3.8, 4) is 0 Å². The number of phosphoric acid groups is 1. The smallest absolute Gasteiger partial charge is 0.472 e. The maximum Gasteiger partial charge on any atom is 0.472 e. The molecule has 0 rings (SSSR count). The molecule has 0 saturated heterocycles. The number of hydrogen-bond donors (Lipinski definition) is 3. The minimum absolute atomic E-state index is 0.145. The molecule has 0 amide bonds. The molecule has 0 fully saturated rings. The molecule has 12 heteroatoms. The summed E-state index contributed by atoms with van der Waals surface area (Å²) in [4.78, 5) is 45.8. The number of carbonyl (C=O) groups is 3. The van der Waals surface area contributed by atoms with Gasteiger partial charge in [0.15, 0.2) is 6.10 Å². The third-order valence-corrected chi connectivity index (χ3v) is 9.71. The van der Waals surface area contributed by atoms with E-state index >= 15 is 0 Å². The second kappa shape index (κ2) is 35.3. The van der Waals surface area contributed by atoms with Gasteiger partial charge in [-0.2, -0.15) is 0 Å². The van der Waals surface area contributed by atoms with Crippen LogP contribution in [0.4, 0.5) is 0 Å². The van der Waals surface area contributed by atoms with Gasteiger partial charge >= 0.3 is 25.7 Å². The van der Waals surface area contributed by atoms with Gasteiger partial charge in [0.2, 0.25) is 0 Å². The van der Waals surface area contributed by atoms with E-state index < -0.39 is 51.1 Å². The van der Waals surface area contributed by atoms with Crippen LogP contribution < -0.4 is 5.73 Å². The van der Waals surface area contributed by atoms with Gasteiger partial charge in [0.25, 0.3) is 0 Å². The Hall–Kier alpha value is -1.78. The number of nitrogens with two attached hydrogens (primary N) is 1. The summed E-state index contributed by atoms with van der Waals surface area (Å²) in [6.07, 6.45) is 32.8. The Morgan fingerprint density at radius 2 is 0.980 bits per heavy atom. The first-order valence-corrected chi connectivity index (χ1v) is 21.7. The lowest BCUT2D eigenvalue weighted by Crippen LogP contribution is -2.34. The topological polar surface area (TPSA) is 172 Å². The zero-order chi connectivity index (χ0) is 37.8. The number of carbonyl (C=O) groups excluding carboxylic acids is 2. The van der Waals surface area contributed by atoms with Gasteiger partial charge in [-0.25, -0.2) is 4.57 Å². The number of carboxylic acids is 1. The molecule has 0 radical (unpaired) electrons. The quantitative estimate of drug-likeness (QED) is 0.0237. The number of esters is 2. The lowest BCUT2D eigenvalue weighted by Gasteiger charge is -2.20. The fourth-order valence-corrected chi connectivity index (χ4v) is 6.31. The van der Waals surface area contributed by atoms with Crippen molar-refractivity contribution in [3.05, 3.63) is 12.2 Å². The van der Waals surface area contributed by atoms with Gasteiger partial charge in [0, 0.05) is 12.8 Å². The first-order chi connectivity index (χ1) is 24.6. The molecule has 0 spiro atoms. The van der Waals surface area contributed by atoms with E-state index in [0.29, 0.717) is 12.8 Å². The molecular weight excluding hydrogens is 673 g/mol. The van der Waals surface area contributed by atoms with Crippen molar-refractivity contribution in [1.29, 1.82) is 0 Å². The Morgan fingerprint density at radius 3 is 1.45 bits per heavy atom. The molecule has 0 aromatic rings. The largest absolute Gasteiger partial charge is 0.480 e. The predicted octanol–water partition coefficient (Wildman–Crippen LogP) is 10.1. The summed E-state index contributed by atoms with van der Waals surface area (Å²) in [7, 11) is -4.71. The van der Waals surface area contributed by atoms with Crippen molar-refractivity contribution < 1.29 is 47.5 Å². The second-order valence-electron chi connectivity index (χ2n) is 13.8. The van der Waals surface area contributed by atoms with Crippen LogP contribution in [0.2, 0.25) is 0 Å². The van der Waals surface area contributed by atoms with Crippen molar-refractivity contribution >= 4 is 25.7 Å². The summed E-state index contributed by atoms with van der Waals surface area (Å²) < 4.78 is 32.6. The number of ether oxygens (including phenoxy) is 2. The first-order valence-electron chi connectivity index (χ1n) is 20.2. The van der Waals surface area contributed by atoms with Crippen LogP contribution in [0, 0.1) is 0 Å². The molecule has 11 nitrogen and oxygen atoms in total. The minimum Gasteiger partial charge on any atom is -0.480 e. The molecule has 0 saturated carbocycles. The highest BCUT2D eigenvalue weighted by Gasteiger charge is 2.28. The van der Waals surface area contributed by atoms with Crippen LogP contribution in [-0.2, 0) is 37.5 Å². The molecule has 3 atom stereocenters. The van der Waals surface area contributed by atoms with Crippen LogP contribution in [0.15, 0.2) is 12.2 Å². The van der Waals surface area contributed by atoms with E-state index in [-0.39, 0.29) is 19.4 Å². The maximum atomic E-state index is 12.6. The molecule has 0 aromatic heterocycles. The van der Waals surface area contributed by atoms with Crippen molar-refractivity contribution in [1.82, 2.24) is 0 Å². The van der Waals surface area contributed by atoms with Crippen LogP contribution in [0.3, 0.4) is 0 Å². The molecule has 0 aromatic carbocycles. The molecule has 0 aliphatic carbocycles. The van der Waals surface area contributed by atoms with Gasteiger partial charge in [0.05, 0.1) is 13.2 Å². The van der Waals surface area contributed by atoms with Gasteiger partial charge in [-0.3, -0.25) is 23.4 Å². The fourth-order valence-electron chi connectivity index (χ4n) is 5.53. The number of carboxylic acid groups (broad SMARTS) is 1. The van der Waals surface area contributed by atoms with Gasteiger partial charge in [-0.15, -0.1) is 0 Å². The van der Waals surface area contributed by atoms with Crippen molar-refractivity contribution in [2.45, 2.75) is 199 Å². The molecular formula is C39H74NO10P. The van der Waals surface area contributed by atoms with Crippen LogP contribution in [0.5, 0.6) is 0 Å². The van der Waals surface area contributed by atoms with E-state index in [0.717, 1.165) is 44.9 Å². The third-order valence-electron chi connectivity index (χ3n) is 8.76. The summed E-state index contributed by atoms with van der Waals surface area (Å²) in [6, 6.07) is -1.52. The summed E-state index contributed by atoms with van der Waals surface area (Å²) in [5.41, 5.74) is 5.32. The van der Waals surface area contributed by atoms with Crippen LogP contribution in [0.25, 0.3) is 0 Å². The molecule has 4 N–H and O–H groups in total. The van der Waals surface area contributed by atoms with Crippen molar-refractivity contribution in [2.75, 3.05) is 19.8 Å². The summed E-state index contributed by atoms with van der Waals surface area (Å²) in [5, 5.41) is 8.86. The number of phosphoric ester groups is 1. The second-order valence-corrected chi connectivity index (χ2v) is 15.2. The Balaban J connectivity index is 4.41. The number of hydrogen-bond acceptors (Lipinski definition) is 9. The third kappa shape index (κ3) is 35.0. The highest BCUT2D eigenvalue weighted by Crippen LogP contribution is 2.43. The molecule has 0 bridgehead atoms. The number of rotatable bonds is 38. The number of unbranched alkanes of at least 4 members (excludes halogenated alkanes) is 22. The van der Waals surface area contributed by atoms with Gasteiger partial charge in [-0.05, 0) is 38.5 Å². The lowest BCUT2D eigenvalue weighted by molar-refractivity contribution is -0.161. The lowest BCUT2D eigenvalue weighted by atomic mass is 10.0. The molecule has 1 unspecified atom stereocenters. The number of allylic oxidation sites excluding steroid dienone is 2. The highest BCUT2D eigenvalue weighted by atomic mass is 31.2. The van der Waals surface area contributed by atoms with Crippen molar-refractivity contribution in [3.63, 3.8) is 0 Å². The zero-order valence-electron chi connectivity index (χ0n) is 32.2. The molecule has 51 heavy (non-hydrogen) atoms. The van der Waals surface area contributed by atoms with E-state index in [1.807, 2.05) is 0 Å².